The van der Waals surface area contributed by atoms with E-state index in [9.17, 15) is 4.79 Å². The molecule has 0 amide bonds. The number of ketones is 1. The van der Waals surface area contributed by atoms with Crippen molar-refractivity contribution in [3.63, 3.8) is 0 Å². The van der Waals surface area contributed by atoms with Gasteiger partial charge in [0, 0.05) is 10.6 Å². The van der Waals surface area contributed by atoms with Gasteiger partial charge in [0.15, 0.2) is 5.78 Å². The van der Waals surface area contributed by atoms with Gasteiger partial charge >= 0.3 is 0 Å². The van der Waals surface area contributed by atoms with Crippen molar-refractivity contribution in [2.75, 3.05) is 11.5 Å². The Balaban J connectivity index is 2.09. The highest BCUT2D eigenvalue weighted by molar-refractivity contribution is 8.18. The first-order valence-electron chi connectivity index (χ1n) is 4.80. The Morgan fingerprint density at radius 3 is 2.40 bits per heavy atom. The van der Waals surface area contributed by atoms with Gasteiger partial charge in [-0.15, -0.1) is 23.5 Å². The molecule has 0 saturated carbocycles. The fourth-order valence-electron chi connectivity index (χ4n) is 1.39. The first-order valence-corrected chi connectivity index (χ1v) is 7.28. The zero-order valence-electron chi connectivity index (χ0n) is 8.11. The number of thioether (sulfide) groups is 2. The highest BCUT2D eigenvalue weighted by Gasteiger charge is 2.23. The third kappa shape index (κ3) is 2.92. The van der Waals surface area contributed by atoms with Gasteiger partial charge in [0.25, 0.3) is 0 Å². The van der Waals surface area contributed by atoms with E-state index < -0.39 is 0 Å². The summed E-state index contributed by atoms with van der Waals surface area (Å²) < 4.78 is 0.0833. The predicted octanol–water partition coefficient (Wildman–Crippen LogP) is 3.72. The van der Waals surface area contributed by atoms with Crippen LogP contribution in [0.1, 0.15) is 16.8 Å². The van der Waals surface area contributed by atoms with Gasteiger partial charge in [0.1, 0.15) is 4.58 Å². The molecule has 1 heterocycles. The summed E-state index contributed by atoms with van der Waals surface area (Å²) in [6.45, 7) is 0. The summed E-state index contributed by atoms with van der Waals surface area (Å²) in [6, 6.07) is 7.15. The molecule has 4 heteroatoms. The topological polar surface area (TPSA) is 17.1 Å². The molecule has 0 radical (unpaired) electrons. The molecule has 15 heavy (non-hydrogen) atoms. The van der Waals surface area contributed by atoms with Crippen LogP contribution in [0, 0.1) is 0 Å². The number of rotatable bonds is 2. The summed E-state index contributed by atoms with van der Waals surface area (Å²) in [7, 11) is 0. The molecule has 1 saturated heterocycles. The zero-order valence-corrected chi connectivity index (χ0v) is 10.5. The van der Waals surface area contributed by atoms with Gasteiger partial charge < -0.3 is 0 Å². The summed E-state index contributed by atoms with van der Waals surface area (Å²) in [5, 5.41) is 0.676. The second kappa shape index (κ2) is 5.28. The first-order chi connectivity index (χ1) is 7.27. The summed E-state index contributed by atoms with van der Waals surface area (Å²) >= 11 is 9.28. The predicted molar refractivity (Wildman–Crippen MR) is 69.1 cm³/mol. The zero-order chi connectivity index (χ0) is 10.7. The van der Waals surface area contributed by atoms with Gasteiger partial charge in [0.05, 0.1) is 0 Å². The lowest BCUT2D eigenvalue weighted by Gasteiger charge is -2.19. The number of Topliss-reactive ketones (excluding diaryl/α,β-unsaturated/α-hetero) is 1. The van der Waals surface area contributed by atoms with E-state index in [-0.39, 0.29) is 10.4 Å². The van der Waals surface area contributed by atoms with Crippen LogP contribution in [0.25, 0.3) is 0 Å². The first kappa shape index (κ1) is 11.4. The fraction of sp³-hybridized carbons (Fsp3) is 0.364. The maximum atomic E-state index is 12.0. The Morgan fingerprint density at radius 2 is 1.80 bits per heavy atom. The second-order valence-electron chi connectivity index (χ2n) is 3.30. The molecule has 0 N–H and O–H groups in total. The molecule has 1 aromatic carbocycles. The highest BCUT2D eigenvalue weighted by atomic mass is 35.5. The van der Waals surface area contributed by atoms with E-state index in [1.54, 1.807) is 47.8 Å². The number of benzene rings is 1. The number of halogens is 1. The number of carbonyl (C=O) groups is 1. The largest absolute Gasteiger partial charge is 0.292 e. The monoisotopic (exact) mass is 258 g/mol. The van der Waals surface area contributed by atoms with Crippen molar-refractivity contribution in [3.8, 4) is 0 Å². The molecule has 0 atom stereocenters. The van der Waals surface area contributed by atoms with Crippen LogP contribution in [-0.2, 0) is 0 Å². The van der Waals surface area contributed by atoms with E-state index in [4.69, 9.17) is 11.6 Å². The van der Waals surface area contributed by atoms with E-state index in [0.717, 1.165) is 17.1 Å². The quantitative estimate of drug-likeness (QED) is 0.753. The van der Waals surface area contributed by atoms with Gasteiger partial charge in [-0.3, -0.25) is 4.79 Å². The van der Waals surface area contributed by atoms with Crippen molar-refractivity contribution >= 4 is 40.9 Å². The van der Waals surface area contributed by atoms with Crippen LogP contribution in [0.15, 0.2) is 24.3 Å². The molecule has 80 valence electrons. The lowest BCUT2D eigenvalue weighted by Crippen LogP contribution is -2.18. The summed E-state index contributed by atoms with van der Waals surface area (Å²) in [5.74, 6) is 2.41. The van der Waals surface area contributed by atoms with E-state index >= 15 is 0 Å². The van der Waals surface area contributed by atoms with E-state index in [1.165, 1.54) is 6.42 Å². The maximum Gasteiger partial charge on any atom is 0.185 e. The fourth-order valence-corrected chi connectivity index (χ4v) is 4.29. The Labute approximate surface area is 103 Å². The van der Waals surface area contributed by atoms with Crippen LogP contribution < -0.4 is 0 Å². The average Bonchev–Trinajstić information content (AvgIpc) is 2.30. The van der Waals surface area contributed by atoms with Crippen LogP contribution in [0.4, 0.5) is 0 Å². The SMILES string of the molecule is O=C(c1ccc(Cl)cc1)C1SCCCS1. The van der Waals surface area contributed by atoms with Crippen molar-refractivity contribution in [3.05, 3.63) is 34.9 Å². The summed E-state index contributed by atoms with van der Waals surface area (Å²) in [5.41, 5.74) is 0.770. The molecule has 0 aromatic heterocycles. The van der Waals surface area contributed by atoms with Crippen molar-refractivity contribution < 1.29 is 4.79 Å². The van der Waals surface area contributed by atoms with Crippen LogP contribution >= 0.6 is 35.1 Å². The molecular weight excluding hydrogens is 248 g/mol. The number of hydrogen-bond donors (Lipinski definition) is 0. The Kier molecular flexibility index (Phi) is 4.00. The van der Waals surface area contributed by atoms with Gasteiger partial charge in [-0.25, -0.2) is 0 Å². The van der Waals surface area contributed by atoms with E-state index in [2.05, 4.69) is 0 Å². The van der Waals surface area contributed by atoms with Gasteiger partial charge in [0.2, 0.25) is 0 Å². The number of carbonyl (C=O) groups excluding carboxylic acids is 1. The Morgan fingerprint density at radius 1 is 1.20 bits per heavy atom. The highest BCUT2D eigenvalue weighted by Crippen LogP contribution is 2.33. The number of hydrogen-bond acceptors (Lipinski definition) is 3. The van der Waals surface area contributed by atoms with Crippen LogP contribution in [0.2, 0.25) is 5.02 Å². The maximum absolute atomic E-state index is 12.0. The molecule has 0 bridgehead atoms. The molecule has 1 aliphatic heterocycles. The molecule has 1 fully saturated rings. The van der Waals surface area contributed by atoms with Crippen LogP contribution in [0.5, 0.6) is 0 Å². The molecule has 0 unspecified atom stereocenters. The van der Waals surface area contributed by atoms with E-state index in [1.807, 2.05) is 0 Å². The molecular formula is C11H11ClOS2. The minimum Gasteiger partial charge on any atom is -0.292 e. The van der Waals surface area contributed by atoms with Crippen LogP contribution in [-0.4, -0.2) is 21.9 Å². The van der Waals surface area contributed by atoms with Crippen LogP contribution in [0.3, 0.4) is 0 Å². The molecule has 0 aliphatic carbocycles. The molecule has 1 aromatic rings. The lowest BCUT2D eigenvalue weighted by molar-refractivity contribution is 0.101. The normalized spacial score (nSPS) is 17.7. The van der Waals surface area contributed by atoms with Crippen molar-refractivity contribution in [1.29, 1.82) is 0 Å². The smallest absolute Gasteiger partial charge is 0.185 e. The Bertz CT molecular complexity index is 344. The van der Waals surface area contributed by atoms with Gasteiger partial charge in [-0.2, -0.15) is 0 Å². The third-order valence-corrected chi connectivity index (χ3v) is 5.32. The molecule has 1 aliphatic rings. The molecule has 0 spiro atoms. The average molecular weight is 259 g/mol. The summed E-state index contributed by atoms with van der Waals surface area (Å²) in [4.78, 5) is 12.0. The third-order valence-electron chi connectivity index (χ3n) is 2.17. The van der Waals surface area contributed by atoms with Crippen molar-refractivity contribution in [2.45, 2.75) is 11.0 Å². The minimum absolute atomic E-state index is 0.0833. The second-order valence-corrected chi connectivity index (χ2v) is 6.46. The van der Waals surface area contributed by atoms with Gasteiger partial charge in [-0.05, 0) is 42.2 Å². The Hall–Kier alpha value is -0.120. The lowest BCUT2D eigenvalue weighted by atomic mass is 10.1. The van der Waals surface area contributed by atoms with E-state index in [0.29, 0.717) is 5.02 Å². The standard InChI is InChI=1S/C11H11ClOS2/c12-9-4-2-8(3-5-9)10(13)11-14-6-1-7-15-11/h2-5,11H,1,6-7H2. The summed E-state index contributed by atoms with van der Waals surface area (Å²) in [6.07, 6.45) is 1.21. The molecule has 2 rings (SSSR count). The molecule has 1 nitrogen and oxygen atoms in total. The van der Waals surface area contributed by atoms with Gasteiger partial charge in [-0.1, -0.05) is 11.6 Å². The van der Waals surface area contributed by atoms with Crippen molar-refractivity contribution in [1.82, 2.24) is 0 Å². The van der Waals surface area contributed by atoms with Crippen molar-refractivity contribution in [2.24, 2.45) is 0 Å². The minimum atomic E-state index is 0.0833.